The maximum absolute atomic E-state index is 4.45. The topological polar surface area (TPSA) is 16.1 Å². The lowest BCUT2D eigenvalue weighted by Crippen LogP contribution is -2.24. The van der Waals surface area contributed by atoms with Gasteiger partial charge in [0, 0.05) is 19.3 Å². The van der Waals surface area contributed by atoms with Crippen molar-refractivity contribution in [2.45, 2.75) is 20.3 Å². The summed E-state index contributed by atoms with van der Waals surface area (Å²) < 4.78 is 0. The number of piperidine rings is 1. The Morgan fingerprint density at radius 2 is 2.13 bits per heavy atom. The Kier molecular flexibility index (Phi) is 1.98. The number of nitrogens with zero attached hydrogens (tertiary/aromatic N) is 2. The van der Waals surface area contributed by atoms with E-state index in [1.54, 1.807) is 0 Å². The Hall–Kier alpha value is -1.05. The van der Waals surface area contributed by atoms with E-state index in [1.807, 2.05) is 6.20 Å². The van der Waals surface area contributed by atoms with Crippen molar-refractivity contribution in [1.29, 1.82) is 0 Å². The van der Waals surface area contributed by atoms with Crippen molar-refractivity contribution in [3.05, 3.63) is 23.9 Å². The summed E-state index contributed by atoms with van der Waals surface area (Å²) in [6.07, 6.45) is 3.29. The van der Waals surface area contributed by atoms with Gasteiger partial charge in [0.1, 0.15) is 5.82 Å². The molecule has 0 amide bonds. The van der Waals surface area contributed by atoms with Gasteiger partial charge in [-0.1, -0.05) is 13.3 Å². The molecule has 1 aromatic rings. The van der Waals surface area contributed by atoms with Crippen molar-refractivity contribution in [3.63, 3.8) is 0 Å². The molecule has 80 valence electrons. The predicted octanol–water partition coefficient (Wildman–Crippen LogP) is 2.48. The fourth-order valence-electron chi connectivity index (χ4n) is 3.14. The first kappa shape index (κ1) is 9.20. The largest absolute Gasteiger partial charge is 0.356 e. The molecule has 2 unspecified atom stereocenters. The molecule has 15 heavy (non-hydrogen) atoms. The molecule has 1 saturated heterocycles. The fraction of sp³-hybridized carbons (Fsp3) is 0.615. The van der Waals surface area contributed by atoms with Crippen molar-refractivity contribution in [2.24, 2.45) is 17.8 Å². The Labute approximate surface area is 91.3 Å². The summed E-state index contributed by atoms with van der Waals surface area (Å²) in [5.41, 5.74) is 1.31. The molecule has 2 heterocycles. The summed E-state index contributed by atoms with van der Waals surface area (Å²) in [5, 5.41) is 0. The highest BCUT2D eigenvalue weighted by Gasteiger charge is 2.54. The zero-order valence-electron chi connectivity index (χ0n) is 9.48. The third kappa shape index (κ3) is 1.43. The Morgan fingerprint density at radius 3 is 2.73 bits per heavy atom. The van der Waals surface area contributed by atoms with Gasteiger partial charge < -0.3 is 4.90 Å². The Bertz CT molecular complexity index is 363. The van der Waals surface area contributed by atoms with Crippen LogP contribution in [0.25, 0.3) is 0 Å². The summed E-state index contributed by atoms with van der Waals surface area (Å²) in [6, 6.07) is 4.26. The van der Waals surface area contributed by atoms with E-state index in [4.69, 9.17) is 0 Å². The zero-order chi connectivity index (χ0) is 10.4. The van der Waals surface area contributed by atoms with E-state index in [0.29, 0.717) is 0 Å². The third-order valence-corrected chi connectivity index (χ3v) is 4.07. The number of hydrogen-bond acceptors (Lipinski definition) is 2. The van der Waals surface area contributed by atoms with Crippen LogP contribution in [0.3, 0.4) is 0 Å². The van der Waals surface area contributed by atoms with Crippen molar-refractivity contribution in [1.82, 2.24) is 4.98 Å². The summed E-state index contributed by atoms with van der Waals surface area (Å²) in [6.45, 7) is 6.92. The molecule has 0 spiro atoms. The van der Waals surface area contributed by atoms with E-state index < -0.39 is 0 Å². The molecule has 1 aromatic heterocycles. The molecule has 2 heteroatoms. The molecule has 2 nitrogen and oxygen atoms in total. The van der Waals surface area contributed by atoms with Gasteiger partial charge in [-0.2, -0.15) is 0 Å². The summed E-state index contributed by atoms with van der Waals surface area (Å²) >= 11 is 0. The number of hydrogen-bond donors (Lipinski definition) is 0. The highest BCUT2D eigenvalue weighted by molar-refractivity contribution is 5.43. The molecule has 1 aliphatic heterocycles. The van der Waals surface area contributed by atoms with Crippen LogP contribution in [0.2, 0.25) is 0 Å². The average Bonchev–Trinajstić information content (AvgIpc) is 2.70. The molecule has 1 aliphatic carbocycles. The van der Waals surface area contributed by atoms with Gasteiger partial charge in [0.25, 0.3) is 0 Å². The predicted molar refractivity (Wildman–Crippen MR) is 61.9 cm³/mol. The lowest BCUT2D eigenvalue weighted by atomic mass is 10.2. The maximum Gasteiger partial charge on any atom is 0.128 e. The van der Waals surface area contributed by atoms with Crippen LogP contribution >= 0.6 is 0 Å². The molecule has 0 aromatic carbocycles. The fourth-order valence-corrected chi connectivity index (χ4v) is 3.14. The Morgan fingerprint density at radius 1 is 1.40 bits per heavy atom. The number of rotatable bonds is 2. The Balaban J connectivity index is 1.72. The molecule has 2 aliphatic rings. The molecular weight excluding hydrogens is 184 g/mol. The van der Waals surface area contributed by atoms with E-state index in [9.17, 15) is 0 Å². The number of fused-ring (bicyclic) bond motifs is 1. The first-order chi connectivity index (χ1) is 7.29. The molecule has 1 saturated carbocycles. The van der Waals surface area contributed by atoms with E-state index in [1.165, 1.54) is 30.9 Å². The van der Waals surface area contributed by atoms with Crippen LogP contribution < -0.4 is 4.90 Å². The van der Waals surface area contributed by atoms with Crippen LogP contribution in [0.5, 0.6) is 0 Å². The second-order valence-electron chi connectivity index (χ2n) is 5.00. The van der Waals surface area contributed by atoms with Gasteiger partial charge in [0.05, 0.1) is 0 Å². The van der Waals surface area contributed by atoms with E-state index in [2.05, 4.69) is 35.9 Å². The average molecular weight is 202 g/mol. The number of aromatic nitrogens is 1. The van der Waals surface area contributed by atoms with E-state index >= 15 is 0 Å². The lowest BCUT2D eigenvalue weighted by molar-refractivity contribution is 0.618. The third-order valence-electron chi connectivity index (χ3n) is 4.07. The lowest BCUT2D eigenvalue weighted by Gasteiger charge is -2.20. The molecule has 2 fully saturated rings. The monoisotopic (exact) mass is 202 g/mol. The van der Waals surface area contributed by atoms with Crippen LogP contribution in [0, 0.1) is 24.7 Å². The van der Waals surface area contributed by atoms with E-state index in [0.717, 1.165) is 17.8 Å². The minimum absolute atomic E-state index is 0.970. The minimum Gasteiger partial charge on any atom is -0.356 e. The van der Waals surface area contributed by atoms with Gasteiger partial charge in [0.15, 0.2) is 0 Å². The smallest absolute Gasteiger partial charge is 0.128 e. The first-order valence-electron chi connectivity index (χ1n) is 5.97. The van der Waals surface area contributed by atoms with Crippen molar-refractivity contribution in [2.75, 3.05) is 18.0 Å². The van der Waals surface area contributed by atoms with Gasteiger partial charge in [0.2, 0.25) is 0 Å². The minimum atomic E-state index is 0.970. The molecular formula is C13H18N2. The van der Waals surface area contributed by atoms with Gasteiger partial charge in [-0.3, -0.25) is 0 Å². The van der Waals surface area contributed by atoms with Gasteiger partial charge in [-0.15, -0.1) is 0 Å². The first-order valence-corrected chi connectivity index (χ1v) is 5.97. The second-order valence-corrected chi connectivity index (χ2v) is 5.00. The second kappa shape index (κ2) is 3.22. The highest BCUT2D eigenvalue weighted by atomic mass is 15.2. The van der Waals surface area contributed by atoms with Crippen molar-refractivity contribution >= 4 is 5.82 Å². The maximum atomic E-state index is 4.45. The van der Waals surface area contributed by atoms with Crippen LogP contribution in [-0.2, 0) is 0 Å². The van der Waals surface area contributed by atoms with Crippen LogP contribution in [0.15, 0.2) is 18.3 Å². The number of aryl methyl sites for hydroxylation is 1. The van der Waals surface area contributed by atoms with Crippen LogP contribution in [0.4, 0.5) is 5.82 Å². The molecule has 0 radical (unpaired) electrons. The van der Waals surface area contributed by atoms with Crippen molar-refractivity contribution in [3.8, 4) is 0 Å². The zero-order valence-corrected chi connectivity index (χ0v) is 9.48. The summed E-state index contributed by atoms with van der Waals surface area (Å²) in [7, 11) is 0. The summed E-state index contributed by atoms with van der Waals surface area (Å²) in [4.78, 5) is 6.91. The van der Waals surface area contributed by atoms with Gasteiger partial charge in [-0.05, 0) is 42.4 Å². The number of pyridine rings is 1. The van der Waals surface area contributed by atoms with E-state index in [-0.39, 0.29) is 0 Å². The molecule has 0 N–H and O–H groups in total. The number of anilines is 1. The highest BCUT2D eigenvalue weighted by Crippen LogP contribution is 2.53. The molecule has 3 rings (SSSR count). The molecule has 2 atom stereocenters. The van der Waals surface area contributed by atoms with Gasteiger partial charge in [-0.25, -0.2) is 4.98 Å². The normalized spacial score (nSPS) is 32.9. The quantitative estimate of drug-likeness (QED) is 0.732. The standard InChI is InChI=1S/C13H18N2/c1-3-10-11-7-15(8-12(10)11)13-6-9(2)4-5-14-13/h4-6,10-12H,3,7-8H2,1-2H3. The van der Waals surface area contributed by atoms with Crippen LogP contribution in [0.1, 0.15) is 18.9 Å². The SMILES string of the molecule is CCC1C2CN(c3cc(C)ccn3)CC12. The molecule has 0 bridgehead atoms. The van der Waals surface area contributed by atoms with Crippen molar-refractivity contribution < 1.29 is 0 Å². The van der Waals surface area contributed by atoms with Crippen LogP contribution in [-0.4, -0.2) is 18.1 Å². The summed E-state index contributed by atoms with van der Waals surface area (Å²) in [5.74, 6) is 4.14. The van der Waals surface area contributed by atoms with Gasteiger partial charge >= 0.3 is 0 Å².